The average Bonchev–Trinajstić information content (AvgIpc) is 3.32. The van der Waals surface area contributed by atoms with Crippen LogP contribution in [0.4, 0.5) is 0 Å². The molecule has 3 rings (SSSR count). The van der Waals surface area contributed by atoms with Crippen LogP contribution in [-0.4, -0.2) is 53.9 Å². The second kappa shape index (κ2) is 9.30. The van der Waals surface area contributed by atoms with Crippen LogP contribution in [0.1, 0.15) is 24.1 Å². The fraction of sp³-hybridized carbons (Fsp3) is 0.318. The SMILES string of the molecule is COc1ccc(CC(=O)N(C)[C@H](C)c2ccc(-n3cncn3)cc2)c(OC)c1OC. The van der Waals surface area contributed by atoms with E-state index in [1.54, 1.807) is 50.4 Å². The topological polar surface area (TPSA) is 78.7 Å². The summed E-state index contributed by atoms with van der Waals surface area (Å²) >= 11 is 0. The number of nitrogens with zero attached hydrogens (tertiary/aromatic N) is 4. The monoisotopic (exact) mass is 410 g/mol. The zero-order valence-electron chi connectivity index (χ0n) is 17.8. The van der Waals surface area contributed by atoms with Gasteiger partial charge in [-0.3, -0.25) is 4.79 Å². The molecule has 3 aromatic rings. The summed E-state index contributed by atoms with van der Waals surface area (Å²) < 4.78 is 17.9. The van der Waals surface area contributed by atoms with Gasteiger partial charge in [0.15, 0.2) is 11.5 Å². The lowest BCUT2D eigenvalue weighted by Crippen LogP contribution is -2.31. The number of benzene rings is 2. The van der Waals surface area contributed by atoms with Crippen molar-refractivity contribution in [1.29, 1.82) is 0 Å². The molecule has 8 heteroatoms. The van der Waals surface area contributed by atoms with E-state index in [1.165, 1.54) is 6.33 Å². The van der Waals surface area contributed by atoms with Gasteiger partial charge in [-0.15, -0.1) is 0 Å². The lowest BCUT2D eigenvalue weighted by Gasteiger charge is -2.26. The molecule has 2 aromatic carbocycles. The smallest absolute Gasteiger partial charge is 0.227 e. The predicted molar refractivity (Wildman–Crippen MR) is 112 cm³/mol. The van der Waals surface area contributed by atoms with Crippen LogP contribution in [0, 0.1) is 0 Å². The summed E-state index contributed by atoms with van der Waals surface area (Å²) in [5.74, 6) is 1.50. The average molecular weight is 410 g/mol. The van der Waals surface area contributed by atoms with Gasteiger partial charge in [-0.25, -0.2) is 9.67 Å². The van der Waals surface area contributed by atoms with Gasteiger partial charge in [-0.05, 0) is 30.7 Å². The minimum absolute atomic E-state index is 0.0339. The normalized spacial score (nSPS) is 11.6. The van der Waals surface area contributed by atoms with Crippen molar-refractivity contribution in [3.63, 3.8) is 0 Å². The first-order valence-electron chi connectivity index (χ1n) is 9.48. The molecule has 0 spiro atoms. The molecule has 158 valence electrons. The number of likely N-dealkylation sites (N-methyl/N-ethyl adjacent to an activating group) is 1. The molecular weight excluding hydrogens is 384 g/mol. The van der Waals surface area contributed by atoms with Crippen molar-refractivity contribution in [1.82, 2.24) is 19.7 Å². The number of rotatable bonds is 8. The molecule has 0 N–H and O–H groups in total. The van der Waals surface area contributed by atoms with Gasteiger partial charge >= 0.3 is 0 Å². The third-order valence-electron chi connectivity index (χ3n) is 5.16. The Morgan fingerprint density at radius 2 is 1.73 bits per heavy atom. The zero-order valence-corrected chi connectivity index (χ0v) is 17.8. The molecule has 1 heterocycles. The number of methoxy groups -OCH3 is 3. The van der Waals surface area contributed by atoms with Gasteiger partial charge in [0, 0.05) is 12.6 Å². The number of amides is 1. The molecule has 0 bridgehead atoms. The van der Waals surface area contributed by atoms with Gasteiger partial charge in [0.05, 0.1) is 39.5 Å². The lowest BCUT2D eigenvalue weighted by molar-refractivity contribution is -0.131. The van der Waals surface area contributed by atoms with Crippen LogP contribution in [0.5, 0.6) is 17.2 Å². The number of ether oxygens (including phenoxy) is 3. The van der Waals surface area contributed by atoms with Gasteiger partial charge in [0.2, 0.25) is 11.7 Å². The molecule has 0 aliphatic heterocycles. The minimum atomic E-state index is -0.103. The molecule has 30 heavy (non-hydrogen) atoms. The number of hydrogen-bond donors (Lipinski definition) is 0. The van der Waals surface area contributed by atoms with Crippen molar-refractivity contribution < 1.29 is 19.0 Å². The largest absolute Gasteiger partial charge is 0.493 e. The number of carbonyl (C=O) groups is 1. The Bertz CT molecular complexity index is 987. The summed E-state index contributed by atoms with van der Waals surface area (Å²) in [6.07, 6.45) is 3.32. The van der Waals surface area contributed by atoms with Crippen LogP contribution in [0.25, 0.3) is 5.69 Å². The molecule has 1 aromatic heterocycles. The van der Waals surface area contributed by atoms with Crippen molar-refractivity contribution in [2.24, 2.45) is 0 Å². The predicted octanol–water partition coefficient (Wildman–Crippen LogP) is 3.06. The number of aromatic nitrogens is 3. The Kier molecular flexibility index (Phi) is 6.56. The Morgan fingerprint density at radius 3 is 2.30 bits per heavy atom. The van der Waals surface area contributed by atoms with Crippen molar-refractivity contribution in [2.75, 3.05) is 28.4 Å². The van der Waals surface area contributed by atoms with Crippen molar-refractivity contribution in [2.45, 2.75) is 19.4 Å². The standard InChI is InChI=1S/C22H26N4O4/c1-15(16-6-9-18(10-7-16)26-14-23-13-24-26)25(2)20(27)12-17-8-11-19(28-3)22(30-5)21(17)29-4/h6-11,13-15H,12H2,1-5H3/t15-/m1/s1. The minimum Gasteiger partial charge on any atom is -0.493 e. The first-order valence-corrected chi connectivity index (χ1v) is 9.48. The third kappa shape index (κ3) is 4.22. The van der Waals surface area contributed by atoms with Crippen LogP contribution in [0.15, 0.2) is 49.1 Å². The maximum absolute atomic E-state index is 13.0. The Hall–Kier alpha value is -3.55. The summed E-state index contributed by atoms with van der Waals surface area (Å²) in [5, 5.41) is 4.12. The molecule has 8 nitrogen and oxygen atoms in total. The van der Waals surface area contributed by atoms with E-state index < -0.39 is 0 Å². The molecule has 1 atom stereocenters. The Morgan fingerprint density at radius 1 is 1.03 bits per heavy atom. The lowest BCUT2D eigenvalue weighted by atomic mass is 10.0. The van der Waals surface area contributed by atoms with E-state index >= 15 is 0 Å². The first kappa shape index (κ1) is 21.2. The highest BCUT2D eigenvalue weighted by Gasteiger charge is 2.22. The fourth-order valence-electron chi connectivity index (χ4n) is 3.28. The van der Waals surface area contributed by atoms with Crippen molar-refractivity contribution >= 4 is 5.91 Å². The third-order valence-corrected chi connectivity index (χ3v) is 5.16. The molecule has 0 saturated carbocycles. The second-order valence-corrected chi connectivity index (χ2v) is 6.78. The Balaban J connectivity index is 1.75. The molecule has 0 aliphatic carbocycles. The van der Waals surface area contributed by atoms with Crippen LogP contribution < -0.4 is 14.2 Å². The zero-order chi connectivity index (χ0) is 21.7. The molecule has 1 amide bonds. The van der Waals surface area contributed by atoms with E-state index in [0.29, 0.717) is 17.2 Å². The van der Waals surface area contributed by atoms with E-state index in [9.17, 15) is 4.79 Å². The van der Waals surface area contributed by atoms with Crippen LogP contribution in [0.3, 0.4) is 0 Å². The van der Waals surface area contributed by atoms with Gasteiger partial charge in [-0.1, -0.05) is 18.2 Å². The first-order chi connectivity index (χ1) is 14.5. The van der Waals surface area contributed by atoms with Gasteiger partial charge < -0.3 is 19.1 Å². The van der Waals surface area contributed by atoms with Gasteiger partial charge in [0.25, 0.3) is 0 Å². The van der Waals surface area contributed by atoms with Gasteiger partial charge in [-0.2, -0.15) is 5.10 Å². The molecular formula is C22H26N4O4. The number of carbonyl (C=O) groups excluding carboxylic acids is 1. The fourth-order valence-corrected chi connectivity index (χ4v) is 3.28. The maximum atomic E-state index is 13.0. The van der Waals surface area contributed by atoms with E-state index in [-0.39, 0.29) is 18.4 Å². The summed E-state index contributed by atoms with van der Waals surface area (Å²) in [6.45, 7) is 1.99. The van der Waals surface area contributed by atoms with Crippen molar-refractivity contribution in [3.8, 4) is 22.9 Å². The second-order valence-electron chi connectivity index (χ2n) is 6.78. The quantitative estimate of drug-likeness (QED) is 0.568. The van der Waals surface area contributed by atoms with Crippen molar-refractivity contribution in [3.05, 3.63) is 60.2 Å². The molecule has 0 aliphatic rings. The summed E-state index contributed by atoms with van der Waals surface area (Å²) in [4.78, 5) is 18.7. The van der Waals surface area contributed by atoms with Crippen LogP contribution in [0.2, 0.25) is 0 Å². The highest BCUT2D eigenvalue weighted by Crippen LogP contribution is 2.40. The summed E-state index contributed by atoms with van der Waals surface area (Å²) in [7, 11) is 6.45. The Labute approximate surface area is 176 Å². The molecule has 0 unspecified atom stereocenters. The van der Waals surface area contributed by atoms with E-state index in [0.717, 1.165) is 16.8 Å². The summed E-state index contributed by atoms with van der Waals surface area (Å²) in [5.41, 5.74) is 2.67. The highest BCUT2D eigenvalue weighted by molar-refractivity contribution is 5.80. The molecule has 0 fully saturated rings. The number of hydrogen-bond acceptors (Lipinski definition) is 6. The van der Waals surface area contributed by atoms with Crippen LogP contribution in [-0.2, 0) is 11.2 Å². The molecule has 0 saturated heterocycles. The van der Waals surface area contributed by atoms with Crippen LogP contribution >= 0.6 is 0 Å². The maximum Gasteiger partial charge on any atom is 0.227 e. The molecule has 0 radical (unpaired) electrons. The van der Waals surface area contributed by atoms with E-state index in [2.05, 4.69) is 10.1 Å². The summed E-state index contributed by atoms with van der Waals surface area (Å²) in [6, 6.07) is 11.4. The van der Waals surface area contributed by atoms with E-state index in [4.69, 9.17) is 14.2 Å². The van der Waals surface area contributed by atoms with Gasteiger partial charge in [0.1, 0.15) is 12.7 Å². The highest BCUT2D eigenvalue weighted by atomic mass is 16.5. The van der Waals surface area contributed by atoms with E-state index in [1.807, 2.05) is 37.3 Å².